The van der Waals surface area contributed by atoms with Crippen molar-refractivity contribution in [1.82, 2.24) is 4.90 Å². The van der Waals surface area contributed by atoms with Gasteiger partial charge in [0.2, 0.25) is 5.91 Å². The predicted molar refractivity (Wildman–Crippen MR) is 91.5 cm³/mol. The average molecular weight is 384 g/mol. The minimum Gasteiger partial charge on any atom is -0.381 e. The molecular weight excluding hydrogens is 361 g/mol. The quantitative estimate of drug-likeness (QED) is 0.809. The van der Waals surface area contributed by atoms with Crippen molar-refractivity contribution in [1.29, 1.82) is 0 Å². The van der Waals surface area contributed by atoms with Crippen molar-refractivity contribution in [3.8, 4) is 0 Å². The van der Waals surface area contributed by atoms with Crippen LogP contribution in [0.2, 0.25) is 0 Å². The number of benzene rings is 1. The molecule has 8 heteroatoms. The van der Waals surface area contributed by atoms with Gasteiger partial charge in [-0.2, -0.15) is 0 Å². The van der Waals surface area contributed by atoms with Gasteiger partial charge < -0.3 is 15.4 Å². The van der Waals surface area contributed by atoms with Gasteiger partial charge in [-0.3, -0.25) is 9.59 Å². The molecule has 0 saturated carbocycles. The minimum atomic E-state index is -1.20. The average Bonchev–Trinajstić information content (AvgIpc) is 2.66. The van der Waals surface area contributed by atoms with E-state index in [-0.39, 0.29) is 11.8 Å². The molecule has 1 aromatic rings. The Bertz CT molecular complexity index is 691. The summed E-state index contributed by atoms with van der Waals surface area (Å²) in [4.78, 5) is 26.7. The maximum atomic E-state index is 13.8. The van der Waals surface area contributed by atoms with Gasteiger partial charge in [-0.05, 0) is 31.6 Å². The third-order valence-corrected chi connectivity index (χ3v) is 5.49. The van der Waals surface area contributed by atoms with Crippen LogP contribution in [0.15, 0.2) is 12.1 Å². The van der Waals surface area contributed by atoms with Crippen molar-refractivity contribution in [3.05, 3.63) is 35.1 Å². The SMILES string of the molecule is NC(C(=O)N1CCC(C(=O)c2c(F)cc(F)cc2F)CC1)C1CCOCC1. The van der Waals surface area contributed by atoms with Crippen LogP contribution in [0.25, 0.3) is 0 Å². The summed E-state index contributed by atoms with van der Waals surface area (Å²) < 4.78 is 46.0. The van der Waals surface area contributed by atoms with Crippen LogP contribution in [0, 0.1) is 29.3 Å². The molecule has 2 saturated heterocycles. The molecule has 27 heavy (non-hydrogen) atoms. The lowest BCUT2D eigenvalue weighted by Crippen LogP contribution is -2.51. The number of piperidine rings is 1. The molecule has 1 amide bonds. The van der Waals surface area contributed by atoms with Crippen LogP contribution in [-0.2, 0) is 9.53 Å². The number of Topliss-reactive ketones (excluding diaryl/α,β-unsaturated/α-hetero) is 1. The van der Waals surface area contributed by atoms with E-state index in [1.165, 1.54) is 0 Å². The summed E-state index contributed by atoms with van der Waals surface area (Å²) in [5, 5.41) is 0. The maximum absolute atomic E-state index is 13.8. The van der Waals surface area contributed by atoms with Crippen molar-refractivity contribution < 1.29 is 27.5 Å². The Balaban J connectivity index is 1.60. The van der Waals surface area contributed by atoms with Gasteiger partial charge in [-0.15, -0.1) is 0 Å². The number of carbonyl (C=O) groups excluding carboxylic acids is 2. The number of rotatable bonds is 4. The highest BCUT2D eigenvalue weighted by atomic mass is 19.1. The number of halogens is 3. The summed E-state index contributed by atoms with van der Waals surface area (Å²) in [5.74, 6) is -4.84. The molecule has 0 bridgehead atoms. The van der Waals surface area contributed by atoms with Gasteiger partial charge in [0.05, 0.1) is 11.6 Å². The summed E-state index contributed by atoms with van der Waals surface area (Å²) >= 11 is 0. The Morgan fingerprint density at radius 1 is 1.04 bits per heavy atom. The fourth-order valence-corrected chi connectivity index (χ4v) is 3.83. The van der Waals surface area contributed by atoms with Crippen molar-refractivity contribution in [2.45, 2.75) is 31.7 Å². The van der Waals surface area contributed by atoms with E-state index in [4.69, 9.17) is 10.5 Å². The number of hydrogen-bond donors (Lipinski definition) is 1. The lowest BCUT2D eigenvalue weighted by atomic mass is 9.87. The van der Waals surface area contributed by atoms with Gasteiger partial charge in [-0.25, -0.2) is 13.2 Å². The number of nitrogens with zero attached hydrogens (tertiary/aromatic N) is 1. The second kappa shape index (κ2) is 8.39. The summed E-state index contributed by atoms with van der Waals surface area (Å²) in [6, 6.07) is 0.400. The first-order valence-electron chi connectivity index (χ1n) is 9.19. The normalized spacial score (nSPS) is 20.5. The van der Waals surface area contributed by atoms with Crippen molar-refractivity contribution in [2.24, 2.45) is 17.6 Å². The molecule has 1 unspecified atom stereocenters. The first-order chi connectivity index (χ1) is 12.9. The molecule has 2 heterocycles. The molecular formula is C19H23F3N2O3. The van der Waals surface area contributed by atoms with E-state index < -0.39 is 40.8 Å². The molecule has 1 atom stereocenters. The van der Waals surface area contributed by atoms with Crippen LogP contribution in [0.1, 0.15) is 36.0 Å². The van der Waals surface area contributed by atoms with E-state index in [0.717, 1.165) is 12.8 Å². The highest BCUT2D eigenvalue weighted by Crippen LogP contribution is 2.27. The smallest absolute Gasteiger partial charge is 0.239 e. The molecule has 3 rings (SSSR count). The van der Waals surface area contributed by atoms with Crippen LogP contribution in [0.3, 0.4) is 0 Å². The Morgan fingerprint density at radius 2 is 1.59 bits per heavy atom. The van der Waals surface area contributed by atoms with Crippen LogP contribution in [0.5, 0.6) is 0 Å². The van der Waals surface area contributed by atoms with E-state index in [1.54, 1.807) is 4.90 Å². The summed E-state index contributed by atoms with van der Waals surface area (Å²) in [6.45, 7) is 1.79. The molecule has 1 aromatic carbocycles. The number of nitrogens with two attached hydrogens (primary N) is 1. The minimum absolute atomic E-state index is 0.0769. The molecule has 0 aromatic heterocycles. The summed E-state index contributed by atoms with van der Waals surface area (Å²) in [5.41, 5.74) is 5.41. The monoisotopic (exact) mass is 384 g/mol. The molecule has 2 N–H and O–H groups in total. The van der Waals surface area contributed by atoms with Crippen molar-refractivity contribution in [3.63, 3.8) is 0 Å². The molecule has 0 radical (unpaired) electrons. The van der Waals surface area contributed by atoms with Crippen LogP contribution >= 0.6 is 0 Å². The van der Waals surface area contributed by atoms with Crippen LogP contribution in [-0.4, -0.2) is 48.9 Å². The van der Waals surface area contributed by atoms with Gasteiger partial charge in [0, 0.05) is 44.4 Å². The molecule has 2 aliphatic heterocycles. The molecule has 2 fully saturated rings. The van der Waals surface area contributed by atoms with E-state index in [9.17, 15) is 22.8 Å². The molecule has 0 spiro atoms. The first kappa shape index (κ1) is 19.8. The zero-order valence-electron chi connectivity index (χ0n) is 14.9. The Labute approximate surface area is 155 Å². The zero-order valence-corrected chi connectivity index (χ0v) is 14.9. The van der Waals surface area contributed by atoms with Crippen molar-refractivity contribution >= 4 is 11.7 Å². The van der Waals surface area contributed by atoms with Gasteiger partial charge in [0.25, 0.3) is 0 Å². The number of ether oxygens (including phenoxy) is 1. The number of hydrogen-bond acceptors (Lipinski definition) is 4. The number of amides is 1. The van der Waals surface area contributed by atoms with E-state index >= 15 is 0 Å². The largest absolute Gasteiger partial charge is 0.381 e. The second-order valence-electron chi connectivity index (χ2n) is 7.18. The van der Waals surface area contributed by atoms with Gasteiger partial charge in [0.1, 0.15) is 17.5 Å². The van der Waals surface area contributed by atoms with Gasteiger partial charge in [0.15, 0.2) is 5.78 Å². The highest BCUT2D eigenvalue weighted by molar-refractivity contribution is 5.98. The molecule has 148 valence electrons. The fraction of sp³-hybridized carbons (Fsp3) is 0.579. The topological polar surface area (TPSA) is 72.6 Å². The standard InChI is InChI=1S/C19H23F3N2O3/c20-13-9-14(21)16(15(22)10-13)18(25)12-1-5-24(6-2-12)19(26)17(23)11-3-7-27-8-4-11/h9-12,17H,1-8,23H2. The predicted octanol–water partition coefficient (Wildman–Crippen LogP) is 2.28. The first-order valence-corrected chi connectivity index (χ1v) is 9.19. The highest BCUT2D eigenvalue weighted by Gasteiger charge is 2.34. The third-order valence-electron chi connectivity index (χ3n) is 5.49. The summed E-state index contributed by atoms with van der Waals surface area (Å²) in [7, 11) is 0. The lowest BCUT2D eigenvalue weighted by Gasteiger charge is -2.35. The van der Waals surface area contributed by atoms with Gasteiger partial charge >= 0.3 is 0 Å². The Kier molecular flexibility index (Phi) is 6.16. The number of likely N-dealkylation sites (tertiary alicyclic amines) is 1. The van der Waals surface area contributed by atoms with E-state index in [1.807, 2.05) is 0 Å². The van der Waals surface area contributed by atoms with Crippen LogP contribution in [0.4, 0.5) is 13.2 Å². The van der Waals surface area contributed by atoms with Gasteiger partial charge in [-0.1, -0.05) is 0 Å². The summed E-state index contributed by atoms with van der Waals surface area (Å²) in [6.07, 6.45) is 2.07. The Morgan fingerprint density at radius 3 is 2.15 bits per heavy atom. The van der Waals surface area contributed by atoms with Crippen LogP contribution < -0.4 is 5.73 Å². The second-order valence-corrected chi connectivity index (χ2v) is 7.18. The fourth-order valence-electron chi connectivity index (χ4n) is 3.83. The van der Waals surface area contributed by atoms with Crippen molar-refractivity contribution in [2.75, 3.05) is 26.3 Å². The number of ketones is 1. The molecule has 0 aliphatic carbocycles. The lowest BCUT2D eigenvalue weighted by molar-refractivity contribution is -0.136. The van der Waals surface area contributed by atoms with E-state index in [2.05, 4.69) is 0 Å². The zero-order chi connectivity index (χ0) is 19.6. The molecule has 2 aliphatic rings. The molecule has 5 nitrogen and oxygen atoms in total. The third kappa shape index (κ3) is 4.32. The maximum Gasteiger partial charge on any atom is 0.239 e. The Hall–Kier alpha value is -1.93. The van der Waals surface area contributed by atoms with E-state index in [0.29, 0.717) is 51.3 Å². The number of carbonyl (C=O) groups is 2.